The summed E-state index contributed by atoms with van der Waals surface area (Å²) in [6.45, 7) is 0. The monoisotopic (exact) mass is 452 g/mol. The molecule has 0 heterocycles. The maximum Gasteiger partial charge on any atom is 0.311 e. The second-order valence-corrected chi connectivity index (χ2v) is 6.07. The second-order valence-electron chi connectivity index (χ2n) is 3.65. The van der Waals surface area contributed by atoms with E-state index in [9.17, 15) is 10.1 Å². The lowest BCUT2D eigenvalue weighted by Gasteiger charge is -2.09. The highest BCUT2D eigenvalue weighted by Gasteiger charge is 2.18. The van der Waals surface area contributed by atoms with Crippen LogP contribution < -0.4 is 5.32 Å². The topological polar surface area (TPSA) is 55.2 Å². The van der Waals surface area contributed by atoms with Gasteiger partial charge in [-0.3, -0.25) is 10.1 Å². The molecule has 0 aliphatic heterocycles. The number of hydrogen-bond acceptors (Lipinski definition) is 3. The SMILES string of the molecule is O=[N+]([O-])c1c(Cl)cccc1Nc1ccc(I)c(Br)c1. The van der Waals surface area contributed by atoms with Crippen molar-refractivity contribution in [3.8, 4) is 0 Å². The zero-order valence-electron chi connectivity index (χ0n) is 9.36. The number of rotatable bonds is 3. The molecular formula is C12H7BrClIN2O2. The van der Waals surface area contributed by atoms with Gasteiger partial charge in [0.05, 0.1) is 4.92 Å². The van der Waals surface area contributed by atoms with Crippen LogP contribution in [0.2, 0.25) is 5.02 Å². The van der Waals surface area contributed by atoms with Gasteiger partial charge in [-0.15, -0.1) is 0 Å². The summed E-state index contributed by atoms with van der Waals surface area (Å²) < 4.78 is 1.98. The molecule has 0 aromatic heterocycles. The lowest BCUT2D eigenvalue weighted by molar-refractivity contribution is -0.383. The molecule has 0 spiro atoms. The largest absolute Gasteiger partial charge is 0.350 e. The Morgan fingerprint density at radius 2 is 2.05 bits per heavy atom. The van der Waals surface area contributed by atoms with Gasteiger partial charge in [0, 0.05) is 13.7 Å². The maximum atomic E-state index is 11.0. The zero-order chi connectivity index (χ0) is 14.0. The Labute approximate surface area is 136 Å². The molecule has 98 valence electrons. The summed E-state index contributed by atoms with van der Waals surface area (Å²) in [5, 5.41) is 14.1. The lowest BCUT2D eigenvalue weighted by Crippen LogP contribution is -1.97. The average molecular weight is 453 g/mol. The zero-order valence-corrected chi connectivity index (χ0v) is 13.9. The van der Waals surface area contributed by atoms with Crippen LogP contribution in [-0.4, -0.2) is 4.92 Å². The van der Waals surface area contributed by atoms with E-state index in [-0.39, 0.29) is 10.7 Å². The molecule has 2 rings (SSSR count). The molecular weight excluding hydrogens is 446 g/mol. The summed E-state index contributed by atoms with van der Waals surface area (Å²) in [5.74, 6) is 0. The minimum absolute atomic E-state index is 0.111. The highest BCUT2D eigenvalue weighted by molar-refractivity contribution is 14.1. The van der Waals surface area contributed by atoms with E-state index in [0.717, 1.165) is 13.7 Å². The number of para-hydroxylation sites is 1. The van der Waals surface area contributed by atoms with Gasteiger partial charge in [-0.05, 0) is 68.9 Å². The van der Waals surface area contributed by atoms with Crippen LogP contribution in [-0.2, 0) is 0 Å². The first-order valence-electron chi connectivity index (χ1n) is 5.14. The van der Waals surface area contributed by atoms with Gasteiger partial charge < -0.3 is 5.32 Å². The third-order valence-corrected chi connectivity index (χ3v) is 5.01. The molecule has 19 heavy (non-hydrogen) atoms. The summed E-state index contributed by atoms with van der Waals surface area (Å²) in [6.07, 6.45) is 0. The molecule has 2 aromatic rings. The predicted molar refractivity (Wildman–Crippen MR) is 88.2 cm³/mol. The molecule has 0 aliphatic rings. The summed E-state index contributed by atoms with van der Waals surface area (Å²) in [5.41, 5.74) is 0.988. The van der Waals surface area contributed by atoms with Crippen molar-refractivity contribution in [2.45, 2.75) is 0 Å². The van der Waals surface area contributed by atoms with Crippen LogP contribution >= 0.6 is 50.1 Å². The fraction of sp³-hybridized carbons (Fsp3) is 0. The second kappa shape index (κ2) is 6.06. The van der Waals surface area contributed by atoms with Crippen LogP contribution in [0, 0.1) is 13.7 Å². The Morgan fingerprint density at radius 1 is 1.32 bits per heavy atom. The number of nitro groups is 1. The van der Waals surface area contributed by atoms with Gasteiger partial charge in [0.1, 0.15) is 10.7 Å². The van der Waals surface area contributed by atoms with Crippen molar-refractivity contribution in [1.29, 1.82) is 0 Å². The van der Waals surface area contributed by atoms with E-state index in [1.165, 1.54) is 6.07 Å². The minimum Gasteiger partial charge on any atom is -0.350 e. The minimum atomic E-state index is -0.494. The van der Waals surface area contributed by atoms with Crippen LogP contribution in [0.1, 0.15) is 0 Å². The molecule has 1 N–H and O–H groups in total. The molecule has 0 unspecified atom stereocenters. The smallest absolute Gasteiger partial charge is 0.311 e. The van der Waals surface area contributed by atoms with Crippen molar-refractivity contribution < 1.29 is 4.92 Å². The number of nitrogens with one attached hydrogen (secondary N) is 1. The summed E-state index contributed by atoms with van der Waals surface area (Å²) in [7, 11) is 0. The van der Waals surface area contributed by atoms with Crippen molar-refractivity contribution in [1.82, 2.24) is 0 Å². The molecule has 0 radical (unpaired) electrons. The van der Waals surface area contributed by atoms with E-state index in [1.54, 1.807) is 12.1 Å². The number of anilines is 2. The Bertz CT molecular complexity index is 652. The molecule has 0 bridgehead atoms. The fourth-order valence-corrected chi connectivity index (χ4v) is 2.49. The van der Waals surface area contributed by atoms with E-state index >= 15 is 0 Å². The first-order chi connectivity index (χ1) is 8.99. The molecule has 0 amide bonds. The van der Waals surface area contributed by atoms with Crippen molar-refractivity contribution in [2.24, 2.45) is 0 Å². The molecule has 0 aliphatic carbocycles. The number of benzene rings is 2. The van der Waals surface area contributed by atoms with Crippen LogP contribution in [0.15, 0.2) is 40.9 Å². The molecule has 0 saturated heterocycles. The Morgan fingerprint density at radius 3 is 2.68 bits per heavy atom. The van der Waals surface area contributed by atoms with E-state index in [4.69, 9.17) is 11.6 Å². The van der Waals surface area contributed by atoms with E-state index in [2.05, 4.69) is 43.8 Å². The fourth-order valence-electron chi connectivity index (χ4n) is 1.53. The van der Waals surface area contributed by atoms with Crippen molar-refractivity contribution >= 4 is 67.2 Å². The average Bonchev–Trinajstić information content (AvgIpc) is 2.33. The quantitative estimate of drug-likeness (QED) is 0.387. The Kier molecular flexibility index (Phi) is 4.64. The molecule has 4 nitrogen and oxygen atoms in total. The van der Waals surface area contributed by atoms with Crippen LogP contribution in [0.5, 0.6) is 0 Å². The number of nitrogens with zero attached hydrogens (tertiary/aromatic N) is 1. The highest BCUT2D eigenvalue weighted by atomic mass is 127. The molecule has 0 saturated carbocycles. The number of hydrogen-bond donors (Lipinski definition) is 1. The van der Waals surface area contributed by atoms with Gasteiger partial charge >= 0.3 is 5.69 Å². The standard InChI is InChI=1S/C12H7BrClIN2O2/c13-8-6-7(4-5-10(8)15)16-11-3-1-2-9(14)12(11)17(18)19/h1-6,16H. The van der Waals surface area contributed by atoms with Gasteiger partial charge in [0.2, 0.25) is 0 Å². The normalized spacial score (nSPS) is 10.3. The van der Waals surface area contributed by atoms with Crippen LogP contribution in [0.3, 0.4) is 0 Å². The molecule has 7 heteroatoms. The molecule has 0 fully saturated rings. The first-order valence-corrected chi connectivity index (χ1v) is 7.39. The summed E-state index contributed by atoms with van der Waals surface area (Å²) in [6, 6.07) is 10.4. The van der Waals surface area contributed by atoms with Crippen molar-refractivity contribution in [2.75, 3.05) is 5.32 Å². The Balaban J connectivity index is 2.40. The van der Waals surface area contributed by atoms with Crippen LogP contribution in [0.25, 0.3) is 0 Å². The third-order valence-electron chi connectivity index (χ3n) is 2.37. The van der Waals surface area contributed by atoms with Crippen molar-refractivity contribution in [3.05, 3.63) is 59.6 Å². The van der Waals surface area contributed by atoms with E-state index < -0.39 is 4.92 Å². The van der Waals surface area contributed by atoms with Gasteiger partial charge in [-0.25, -0.2) is 0 Å². The summed E-state index contributed by atoms with van der Waals surface area (Å²) in [4.78, 5) is 10.5. The first kappa shape index (κ1) is 14.5. The summed E-state index contributed by atoms with van der Waals surface area (Å²) >= 11 is 11.5. The third kappa shape index (κ3) is 3.37. The number of halogens is 3. The van der Waals surface area contributed by atoms with Gasteiger partial charge in [-0.1, -0.05) is 17.7 Å². The maximum absolute atomic E-state index is 11.0. The molecule has 2 aromatic carbocycles. The van der Waals surface area contributed by atoms with Crippen molar-refractivity contribution in [3.63, 3.8) is 0 Å². The van der Waals surface area contributed by atoms with Gasteiger partial charge in [-0.2, -0.15) is 0 Å². The van der Waals surface area contributed by atoms with Gasteiger partial charge in [0.25, 0.3) is 0 Å². The van der Waals surface area contributed by atoms with E-state index in [1.807, 2.05) is 18.2 Å². The van der Waals surface area contributed by atoms with Gasteiger partial charge in [0.15, 0.2) is 0 Å². The highest BCUT2D eigenvalue weighted by Crippen LogP contribution is 2.35. The van der Waals surface area contributed by atoms with E-state index in [0.29, 0.717) is 5.69 Å². The number of nitro benzene ring substituents is 1. The molecule has 0 atom stereocenters. The predicted octanol–water partition coefficient (Wildman–Crippen LogP) is 5.36. The Hall–Kier alpha value is -0.860. The lowest BCUT2D eigenvalue weighted by atomic mass is 10.2. The van der Waals surface area contributed by atoms with Crippen LogP contribution in [0.4, 0.5) is 17.1 Å².